The van der Waals surface area contributed by atoms with Crippen molar-refractivity contribution in [3.8, 4) is 5.75 Å². The lowest BCUT2D eigenvalue weighted by Crippen LogP contribution is -2.48. The highest BCUT2D eigenvalue weighted by molar-refractivity contribution is 7.84. The van der Waals surface area contributed by atoms with E-state index in [2.05, 4.69) is 4.90 Å². The van der Waals surface area contributed by atoms with Gasteiger partial charge in [0, 0.05) is 59.4 Å². The molecule has 1 heterocycles. The lowest BCUT2D eigenvalue weighted by molar-refractivity contribution is 0.0746. The van der Waals surface area contributed by atoms with Gasteiger partial charge in [0.05, 0.1) is 7.11 Å². The second-order valence-corrected chi connectivity index (χ2v) is 7.34. The van der Waals surface area contributed by atoms with Crippen LogP contribution in [0.25, 0.3) is 0 Å². The summed E-state index contributed by atoms with van der Waals surface area (Å²) in [6, 6.07) is 15.0. The number of ether oxygens (including phenoxy) is 1. The Bertz CT molecular complexity index is 751. The Morgan fingerprint density at radius 2 is 1.56 bits per heavy atom. The maximum Gasteiger partial charge on any atom is 0.253 e. The lowest BCUT2D eigenvalue weighted by Gasteiger charge is -2.36. The van der Waals surface area contributed by atoms with E-state index in [0.29, 0.717) is 18.7 Å². The minimum absolute atomic E-state index is 0.0304. The van der Waals surface area contributed by atoms with Crippen LogP contribution in [0.2, 0.25) is 0 Å². The molecule has 0 bridgehead atoms. The number of hydrogen-bond acceptors (Lipinski definition) is 4. The average molecular weight is 358 g/mol. The van der Waals surface area contributed by atoms with Crippen molar-refractivity contribution in [3.63, 3.8) is 0 Å². The molecule has 0 unspecified atom stereocenters. The van der Waals surface area contributed by atoms with Crippen LogP contribution in [-0.4, -0.2) is 54.6 Å². The molecular weight excluding hydrogens is 336 g/mol. The quantitative estimate of drug-likeness (QED) is 0.842. The van der Waals surface area contributed by atoms with E-state index in [-0.39, 0.29) is 5.91 Å². The first-order valence-electron chi connectivity index (χ1n) is 8.20. The number of nitrogens with zero attached hydrogens (tertiary/aromatic N) is 2. The van der Waals surface area contributed by atoms with E-state index >= 15 is 0 Å². The van der Waals surface area contributed by atoms with Gasteiger partial charge in [0.15, 0.2) is 0 Å². The predicted octanol–water partition coefficient (Wildman–Crippen LogP) is 2.40. The van der Waals surface area contributed by atoms with Gasteiger partial charge < -0.3 is 14.5 Å². The first kappa shape index (κ1) is 17.5. The van der Waals surface area contributed by atoms with Crippen LogP contribution in [0.5, 0.6) is 5.75 Å². The Kier molecular flexibility index (Phi) is 5.38. The zero-order chi connectivity index (χ0) is 17.8. The number of benzene rings is 2. The van der Waals surface area contributed by atoms with Crippen molar-refractivity contribution in [2.45, 2.75) is 4.90 Å². The summed E-state index contributed by atoms with van der Waals surface area (Å²) >= 11 is 0. The third-order valence-electron chi connectivity index (χ3n) is 4.44. The summed E-state index contributed by atoms with van der Waals surface area (Å²) in [6.07, 6.45) is 1.63. The Morgan fingerprint density at radius 3 is 2.08 bits per heavy atom. The normalized spacial score (nSPS) is 15.8. The van der Waals surface area contributed by atoms with Crippen molar-refractivity contribution < 1.29 is 13.7 Å². The number of piperazine rings is 1. The van der Waals surface area contributed by atoms with E-state index in [9.17, 15) is 9.00 Å². The van der Waals surface area contributed by atoms with Crippen molar-refractivity contribution in [1.29, 1.82) is 0 Å². The average Bonchev–Trinajstić information content (AvgIpc) is 2.67. The molecule has 0 N–H and O–H groups in total. The third kappa shape index (κ3) is 4.02. The van der Waals surface area contributed by atoms with Crippen molar-refractivity contribution in [1.82, 2.24) is 4.90 Å². The molecule has 0 spiro atoms. The summed E-state index contributed by atoms with van der Waals surface area (Å²) < 4.78 is 16.6. The van der Waals surface area contributed by atoms with E-state index in [1.54, 1.807) is 37.6 Å². The standard InChI is InChI=1S/C19H22N2O3S/c1-24-17-7-5-16(6-8-17)20-11-13-21(14-12-20)19(22)15-3-9-18(10-4-15)25(2)23/h3-10H,11-14H2,1-2H3/t25-/m1/s1. The molecule has 0 saturated carbocycles. The number of rotatable bonds is 4. The van der Waals surface area contributed by atoms with Crippen LogP contribution >= 0.6 is 0 Å². The van der Waals surface area contributed by atoms with Crippen LogP contribution in [0.3, 0.4) is 0 Å². The molecule has 2 aromatic carbocycles. The number of carbonyl (C=O) groups is 1. The Morgan fingerprint density at radius 1 is 0.960 bits per heavy atom. The maximum absolute atomic E-state index is 12.6. The molecule has 1 saturated heterocycles. The van der Waals surface area contributed by atoms with E-state index in [0.717, 1.165) is 29.4 Å². The molecule has 1 fully saturated rings. The fraction of sp³-hybridized carbons (Fsp3) is 0.316. The number of methoxy groups -OCH3 is 1. The molecule has 0 radical (unpaired) electrons. The molecule has 132 valence electrons. The zero-order valence-electron chi connectivity index (χ0n) is 14.5. The number of anilines is 1. The van der Waals surface area contributed by atoms with Crippen molar-refractivity contribution in [3.05, 3.63) is 54.1 Å². The van der Waals surface area contributed by atoms with Gasteiger partial charge in [0.25, 0.3) is 5.91 Å². The maximum atomic E-state index is 12.6. The molecule has 1 aliphatic rings. The molecule has 2 aromatic rings. The van der Waals surface area contributed by atoms with Gasteiger partial charge in [-0.3, -0.25) is 9.00 Å². The Hall–Kier alpha value is -2.34. The van der Waals surface area contributed by atoms with Gasteiger partial charge in [-0.15, -0.1) is 0 Å². The monoisotopic (exact) mass is 358 g/mol. The summed E-state index contributed by atoms with van der Waals surface area (Å²) in [7, 11) is 0.633. The van der Waals surface area contributed by atoms with Gasteiger partial charge in [-0.1, -0.05) is 0 Å². The molecule has 25 heavy (non-hydrogen) atoms. The summed E-state index contributed by atoms with van der Waals surface area (Å²) in [6.45, 7) is 2.98. The van der Waals surface area contributed by atoms with Gasteiger partial charge in [-0.05, 0) is 48.5 Å². The van der Waals surface area contributed by atoms with E-state index < -0.39 is 10.8 Å². The third-order valence-corrected chi connectivity index (χ3v) is 5.37. The molecule has 3 rings (SSSR count). The summed E-state index contributed by atoms with van der Waals surface area (Å²) in [5.74, 6) is 0.872. The SMILES string of the molecule is COc1ccc(N2CCN(C(=O)c3ccc([S@@](C)=O)cc3)CC2)cc1. The van der Waals surface area contributed by atoms with Gasteiger partial charge >= 0.3 is 0 Å². The van der Waals surface area contributed by atoms with Crippen LogP contribution in [0.15, 0.2) is 53.4 Å². The number of carbonyl (C=O) groups excluding carboxylic acids is 1. The van der Waals surface area contributed by atoms with Crippen LogP contribution in [0.1, 0.15) is 10.4 Å². The van der Waals surface area contributed by atoms with Crippen LogP contribution in [-0.2, 0) is 10.8 Å². The van der Waals surface area contributed by atoms with Crippen molar-refractivity contribution in [2.75, 3.05) is 44.4 Å². The molecule has 6 heteroatoms. The van der Waals surface area contributed by atoms with Crippen LogP contribution in [0.4, 0.5) is 5.69 Å². The smallest absolute Gasteiger partial charge is 0.253 e. The highest BCUT2D eigenvalue weighted by atomic mass is 32.2. The van der Waals surface area contributed by atoms with E-state index in [1.165, 1.54) is 0 Å². The number of hydrogen-bond donors (Lipinski definition) is 0. The zero-order valence-corrected chi connectivity index (χ0v) is 15.3. The van der Waals surface area contributed by atoms with Crippen molar-refractivity contribution >= 4 is 22.4 Å². The van der Waals surface area contributed by atoms with Gasteiger partial charge in [0.2, 0.25) is 0 Å². The van der Waals surface area contributed by atoms with E-state index in [4.69, 9.17) is 4.74 Å². The number of amides is 1. The van der Waals surface area contributed by atoms with Gasteiger partial charge in [0.1, 0.15) is 5.75 Å². The van der Waals surface area contributed by atoms with Crippen LogP contribution < -0.4 is 9.64 Å². The Labute approximate surface area is 150 Å². The molecule has 1 aliphatic heterocycles. The first-order valence-corrected chi connectivity index (χ1v) is 9.76. The highest BCUT2D eigenvalue weighted by Gasteiger charge is 2.22. The lowest BCUT2D eigenvalue weighted by atomic mass is 10.1. The van der Waals surface area contributed by atoms with Crippen LogP contribution in [0, 0.1) is 0 Å². The minimum Gasteiger partial charge on any atom is -0.497 e. The molecule has 1 atom stereocenters. The van der Waals surface area contributed by atoms with Crippen molar-refractivity contribution in [2.24, 2.45) is 0 Å². The van der Waals surface area contributed by atoms with Gasteiger partial charge in [-0.25, -0.2) is 0 Å². The first-order chi connectivity index (χ1) is 12.1. The second-order valence-electron chi connectivity index (χ2n) is 5.96. The molecule has 0 aliphatic carbocycles. The fourth-order valence-electron chi connectivity index (χ4n) is 2.93. The highest BCUT2D eigenvalue weighted by Crippen LogP contribution is 2.21. The minimum atomic E-state index is -1.02. The van der Waals surface area contributed by atoms with Gasteiger partial charge in [-0.2, -0.15) is 0 Å². The molecule has 0 aromatic heterocycles. The topological polar surface area (TPSA) is 49.9 Å². The summed E-state index contributed by atoms with van der Waals surface area (Å²) in [5, 5.41) is 0. The van der Waals surface area contributed by atoms with E-state index in [1.807, 2.05) is 29.2 Å². The predicted molar refractivity (Wildman–Crippen MR) is 99.9 cm³/mol. The molecular formula is C19H22N2O3S. The fourth-order valence-corrected chi connectivity index (χ4v) is 3.45. The summed E-state index contributed by atoms with van der Waals surface area (Å²) in [5.41, 5.74) is 1.79. The molecule has 5 nitrogen and oxygen atoms in total. The Balaban J connectivity index is 1.61. The summed E-state index contributed by atoms with van der Waals surface area (Å²) in [4.78, 5) is 17.5. The largest absolute Gasteiger partial charge is 0.497 e. The second kappa shape index (κ2) is 7.70. The molecule has 1 amide bonds.